The fourth-order valence-corrected chi connectivity index (χ4v) is 4.35. The number of fused-ring (bicyclic) bond motifs is 1. The first-order valence-electron chi connectivity index (χ1n) is 10.8. The molecule has 2 atom stereocenters. The van der Waals surface area contributed by atoms with Crippen molar-refractivity contribution in [2.45, 2.75) is 18.8 Å². The Labute approximate surface area is 202 Å². The maximum Gasteiger partial charge on any atom is 0.328 e. The Balaban J connectivity index is 1.55. The van der Waals surface area contributed by atoms with Gasteiger partial charge in [0.05, 0.1) is 31.5 Å². The van der Waals surface area contributed by atoms with E-state index in [0.717, 1.165) is 5.56 Å². The number of methoxy groups -OCH3 is 2. The third-order valence-electron chi connectivity index (χ3n) is 5.75. The van der Waals surface area contributed by atoms with Gasteiger partial charge in [-0.2, -0.15) is 0 Å². The van der Waals surface area contributed by atoms with Gasteiger partial charge in [0.25, 0.3) is 5.91 Å². The highest BCUT2D eigenvalue weighted by Crippen LogP contribution is 2.36. The van der Waals surface area contributed by atoms with E-state index in [4.69, 9.17) is 21.1 Å². The number of carbonyl (C=O) groups is 3. The molecule has 11 heteroatoms. The summed E-state index contributed by atoms with van der Waals surface area (Å²) in [7, 11) is 2.94. The highest BCUT2D eigenvalue weighted by atomic mass is 35.5. The highest BCUT2D eigenvalue weighted by Gasteiger charge is 2.47. The van der Waals surface area contributed by atoms with E-state index in [9.17, 15) is 14.4 Å². The molecule has 0 aliphatic carbocycles. The van der Waals surface area contributed by atoms with Crippen molar-refractivity contribution in [3.05, 3.63) is 53.1 Å². The highest BCUT2D eigenvalue weighted by molar-refractivity contribution is 6.32. The molecule has 2 unspecified atom stereocenters. The Morgan fingerprint density at radius 2 is 1.79 bits per heavy atom. The third kappa shape index (κ3) is 4.79. The quantitative estimate of drug-likeness (QED) is 0.544. The number of benzene rings is 2. The first kappa shape index (κ1) is 23.8. The summed E-state index contributed by atoms with van der Waals surface area (Å²) in [6.07, 6.45) is -0.645. The standard InChI is InChI=1S/C23H26ClN5O5/c1-33-17-11-18(34-2)16(10-15(17)24)27-19(30)13-28-21-20(25-8-9-26-21)22(31)29(23(28)32)12-14-6-4-3-5-7-14/h3-7,10-11,20-21,25-26H,8-9,12-13H2,1-2H3,(H,27,30). The molecule has 2 aliphatic heterocycles. The monoisotopic (exact) mass is 487 g/mol. The summed E-state index contributed by atoms with van der Waals surface area (Å²) in [4.78, 5) is 42.0. The number of piperazine rings is 1. The molecular formula is C23H26ClN5O5. The van der Waals surface area contributed by atoms with Crippen LogP contribution in [0.25, 0.3) is 0 Å². The lowest BCUT2D eigenvalue weighted by Crippen LogP contribution is -2.75. The van der Waals surface area contributed by atoms with Gasteiger partial charge in [-0.1, -0.05) is 41.9 Å². The number of imide groups is 1. The molecule has 4 rings (SSSR count). The topological polar surface area (TPSA) is 112 Å². The molecule has 0 saturated carbocycles. The molecule has 0 spiro atoms. The summed E-state index contributed by atoms with van der Waals surface area (Å²) in [6.45, 7) is 0.964. The minimum atomic E-state index is -0.659. The van der Waals surface area contributed by atoms with Gasteiger partial charge in [0.15, 0.2) is 0 Å². The number of urea groups is 1. The number of amides is 4. The average molecular weight is 488 g/mol. The lowest BCUT2D eigenvalue weighted by atomic mass is 10.1. The SMILES string of the molecule is COc1cc(OC)c(NC(=O)CN2C(=O)N(Cc3ccccc3)C(=O)C3NCCNC32)cc1Cl. The van der Waals surface area contributed by atoms with Crippen molar-refractivity contribution in [1.29, 1.82) is 0 Å². The predicted molar refractivity (Wildman–Crippen MR) is 126 cm³/mol. The van der Waals surface area contributed by atoms with E-state index >= 15 is 0 Å². The molecule has 4 amide bonds. The average Bonchev–Trinajstić information content (AvgIpc) is 2.85. The van der Waals surface area contributed by atoms with Gasteiger partial charge in [-0.05, 0) is 11.6 Å². The van der Waals surface area contributed by atoms with Crippen molar-refractivity contribution in [1.82, 2.24) is 20.4 Å². The van der Waals surface area contributed by atoms with Gasteiger partial charge in [-0.15, -0.1) is 0 Å². The molecule has 2 saturated heterocycles. The van der Waals surface area contributed by atoms with Crippen LogP contribution in [-0.4, -0.2) is 73.7 Å². The fourth-order valence-electron chi connectivity index (χ4n) is 4.11. The number of hydrogen-bond donors (Lipinski definition) is 3. The lowest BCUT2D eigenvalue weighted by molar-refractivity contribution is -0.139. The normalized spacial score (nSPS) is 20.1. The number of carbonyl (C=O) groups excluding carboxylic acids is 3. The molecule has 34 heavy (non-hydrogen) atoms. The lowest BCUT2D eigenvalue weighted by Gasteiger charge is -2.47. The summed E-state index contributed by atoms with van der Waals surface area (Å²) in [6, 6.07) is 11.1. The van der Waals surface area contributed by atoms with Crippen LogP contribution in [-0.2, 0) is 16.1 Å². The number of halogens is 1. The van der Waals surface area contributed by atoms with Gasteiger partial charge in [0, 0.05) is 19.2 Å². The molecule has 2 aromatic rings. The molecule has 2 fully saturated rings. The van der Waals surface area contributed by atoms with E-state index in [2.05, 4.69) is 16.0 Å². The van der Waals surface area contributed by atoms with Gasteiger partial charge in [-0.25, -0.2) is 4.79 Å². The summed E-state index contributed by atoms with van der Waals surface area (Å²) in [5.41, 5.74) is 1.15. The van der Waals surface area contributed by atoms with Crippen LogP contribution < -0.4 is 25.4 Å². The number of ether oxygens (including phenoxy) is 2. The molecule has 3 N–H and O–H groups in total. The second-order valence-corrected chi connectivity index (χ2v) is 8.29. The van der Waals surface area contributed by atoms with Crippen molar-refractivity contribution in [2.75, 3.05) is 39.2 Å². The Hall–Kier alpha value is -3.34. The fraction of sp³-hybridized carbons (Fsp3) is 0.348. The molecule has 2 heterocycles. The van der Waals surface area contributed by atoms with Crippen LogP contribution in [0.15, 0.2) is 42.5 Å². The van der Waals surface area contributed by atoms with E-state index in [1.54, 1.807) is 6.07 Å². The molecular weight excluding hydrogens is 462 g/mol. The van der Waals surface area contributed by atoms with Crippen molar-refractivity contribution in [3.63, 3.8) is 0 Å². The van der Waals surface area contributed by atoms with Crippen LogP contribution in [0.2, 0.25) is 5.02 Å². The first-order valence-corrected chi connectivity index (χ1v) is 11.1. The molecule has 180 valence electrons. The zero-order valence-electron chi connectivity index (χ0n) is 18.8. The van der Waals surface area contributed by atoms with Gasteiger partial charge >= 0.3 is 6.03 Å². The minimum Gasteiger partial charge on any atom is -0.495 e. The van der Waals surface area contributed by atoms with E-state index in [1.807, 2.05) is 30.3 Å². The van der Waals surface area contributed by atoms with Crippen molar-refractivity contribution < 1.29 is 23.9 Å². The van der Waals surface area contributed by atoms with Crippen LogP contribution >= 0.6 is 11.6 Å². The van der Waals surface area contributed by atoms with Crippen LogP contribution in [0.3, 0.4) is 0 Å². The van der Waals surface area contributed by atoms with Crippen LogP contribution in [0.5, 0.6) is 11.5 Å². The number of rotatable bonds is 7. The maximum absolute atomic E-state index is 13.4. The van der Waals surface area contributed by atoms with E-state index in [0.29, 0.717) is 35.3 Å². The third-order valence-corrected chi connectivity index (χ3v) is 6.04. The van der Waals surface area contributed by atoms with E-state index in [-0.39, 0.29) is 19.0 Å². The second-order valence-electron chi connectivity index (χ2n) is 7.89. The predicted octanol–water partition coefficient (Wildman–Crippen LogP) is 1.65. The van der Waals surface area contributed by atoms with Crippen LogP contribution in [0.1, 0.15) is 5.56 Å². The van der Waals surface area contributed by atoms with Crippen LogP contribution in [0, 0.1) is 0 Å². The summed E-state index contributed by atoms with van der Waals surface area (Å²) in [5.74, 6) is -0.0340. The molecule has 0 aromatic heterocycles. The second kappa shape index (κ2) is 10.3. The van der Waals surface area contributed by atoms with Crippen molar-refractivity contribution in [3.8, 4) is 11.5 Å². The summed E-state index contributed by atoms with van der Waals surface area (Å²) < 4.78 is 10.5. The molecule has 0 bridgehead atoms. The van der Waals surface area contributed by atoms with Gasteiger partial charge < -0.3 is 20.1 Å². The zero-order valence-corrected chi connectivity index (χ0v) is 19.6. The van der Waals surface area contributed by atoms with Crippen molar-refractivity contribution in [2.24, 2.45) is 0 Å². The molecule has 2 aliphatic rings. The minimum absolute atomic E-state index is 0.115. The van der Waals surface area contributed by atoms with E-state index in [1.165, 1.54) is 30.1 Å². The summed E-state index contributed by atoms with van der Waals surface area (Å²) in [5, 5.41) is 9.39. The Kier molecular flexibility index (Phi) is 7.20. The number of hydrogen-bond acceptors (Lipinski definition) is 7. The molecule has 2 aromatic carbocycles. The summed E-state index contributed by atoms with van der Waals surface area (Å²) >= 11 is 6.20. The number of anilines is 1. The Bertz CT molecular complexity index is 1080. The first-order chi connectivity index (χ1) is 16.4. The smallest absolute Gasteiger partial charge is 0.328 e. The maximum atomic E-state index is 13.4. The van der Waals surface area contributed by atoms with Crippen LogP contribution in [0.4, 0.5) is 10.5 Å². The molecule has 0 radical (unpaired) electrons. The Morgan fingerprint density at radius 3 is 2.50 bits per heavy atom. The van der Waals surface area contributed by atoms with Gasteiger partial charge in [-0.3, -0.25) is 24.7 Å². The molecule has 10 nitrogen and oxygen atoms in total. The van der Waals surface area contributed by atoms with Gasteiger partial charge in [0.2, 0.25) is 5.91 Å². The van der Waals surface area contributed by atoms with Gasteiger partial charge in [0.1, 0.15) is 30.3 Å². The van der Waals surface area contributed by atoms with E-state index < -0.39 is 24.1 Å². The Morgan fingerprint density at radius 1 is 1.09 bits per heavy atom. The number of nitrogens with zero attached hydrogens (tertiary/aromatic N) is 2. The largest absolute Gasteiger partial charge is 0.495 e. The van der Waals surface area contributed by atoms with Crippen molar-refractivity contribution >= 4 is 35.1 Å². The zero-order chi connectivity index (χ0) is 24.2. The number of nitrogens with one attached hydrogen (secondary N) is 3.